The van der Waals surface area contributed by atoms with Crippen molar-refractivity contribution < 1.29 is 14.2 Å². The van der Waals surface area contributed by atoms with E-state index in [0.29, 0.717) is 5.56 Å². The quantitative estimate of drug-likeness (QED) is 0.536. The fraction of sp³-hybridized carbons (Fsp3) is 0.0667. The van der Waals surface area contributed by atoms with Crippen LogP contribution in [0.4, 0.5) is 5.69 Å². The minimum Gasteiger partial charge on any atom is -0.365 e. The fourth-order valence-corrected chi connectivity index (χ4v) is 2.18. The first-order valence-corrected chi connectivity index (χ1v) is 7.02. The number of carbonyl (C=O) groups is 1. The molecule has 0 aliphatic carbocycles. The molecule has 3 rings (SSSR count). The number of hydrogen-bond acceptors (Lipinski definition) is 7. The summed E-state index contributed by atoms with van der Waals surface area (Å²) in [7, 11) is 0. The van der Waals surface area contributed by atoms with Crippen LogP contribution in [0.15, 0.2) is 51.9 Å². The van der Waals surface area contributed by atoms with Gasteiger partial charge < -0.3 is 14.8 Å². The van der Waals surface area contributed by atoms with E-state index in [1.807, 2.05) is 6.07 Å². The third-order valence-corrected chi connectivity index (χ3v) is 3.35. The number of rotatable bonds is 5. The summed E-state index contributed by atoms with van der Waals surface area (Å²) in [5.74, 6) is -0.693. The van der Waals surface area contributed by atoms with Gasteiger partial charge in [-0.15, -0.1) is 0 Å². The second-order valence-corrected chi connectivity index (χ2v) is 5.05. The Morgan fingerprint density at radius 2 is 2.04 bits per heavy atom. The Balaban J connectivity index is 1.98. The van der Waals surface area contributed by atoms with Crippen molar-refractivity contribution in [1.82, 2.24) is 14.7 Å². The average Bonchev–Trinajstić information content (AvgIpc) is 3.05. The highest BCUT2D eigenvalue weighted by molar-refractivity contribution is 5.92. The predicted molar refractivity (Wildman–Crippen MR) is 84.7 cm³/mol. The van der Waals surface area contributed by atoms with Crippen molar-refractivity contribution in [2.75, 3.05) is 0 Å². The van der Waals surface area contributed by atoms with Crippen LogP contribution in [0.25, 0.3) is 11.5 Å². The molecule has 0 aliphatic rings. The van der Waals surface area contributed by atoms with Crippen molar-refractivity contribution in [3.8, 4) is 11.5 Å². The average molecular weight is 341 g/mol. The molecular formula is C15H11N5O5. The van der Waals surface area contributed by atoms with Gasteiger partial charge in [-0.3, -0.25) is 19.7 Å². The van der Waals surface area contributed by atoms with Crippen molar-refractivity contribution in [3.05, 3.63) is 74.5 Å². The van der Waals surface area contributed by atoms with Crippen LogP contribution in [0, 0.1) is 10.1 Å². The van der Waals surface area contributed by atoms with Crippen LogP contribution in [-0.4, -0.2) is 25.5 Å². The fourth-order valence-electron chi connectivity index (χ4n) is 2.18. The van der Waals surface area contributed by atoms with Gasteiger partial charge in [0.1, 0.15) is 5.56 Å². The number of benzene rings is 1. The number of aromatic nitrogens is 3. The summed E-state index contributed by atoms with van der Waals surface area (Å²) in [5, 5.41) is 14.7. The van der Waals surface area contributed by atoms with Crippen LogP contribution < -0.4 is 11.3 Å². The molecule has 0 saturated heterocycles. The van der Waals surface area contributed by atoms with Gasteiger partial charge in [-0.25, -0.2) is 0 Å². The SMILES string of the molecule is NC(=O)c1cc([N+](=O)[O-])cn(Cc2noc(-c3ccccc3)n2)c1=O. The molecule has 2 N–H and O–H groups in total. The molecule has 126 valence electrons. The number of carbonyl (C=O) groups excluding carboxylic acids is 1. The van der Waals surface area contributed by atoms with Gasteiger partial charge in [0.25, 0.3) is 23.0 Å². The Morgan fingerprint density at radius 1 is 1.32 bits per heavy atom. The highest BCUT2D eigenvalue weighted by atomic mass is 16.6. The summed E-state index contributed by atoms with van der Waals surface area (Å²) in [5.41, 5.74) is 4.08. The number of pyridine rings is 1. The molecule has 10 heteroatoms. The van der Waals surface area contributed by atoms with E-state index in [9.17, 15) is 19.7 Å². The number of nitrogens with zero attached hydrogens (tertiary/aromatic N) is 4. The third kappa shape index (κ3) is 3.27. The van der Waals surface area contributed by atoms with Gasteiger partial charge in [-0.05, 0) is 12.1 Å². The van der Waals surface area contributed by atoms with E-state index >= 15 is 0 Å². The summed E-state index contributed by atoms with van der Waals surface area (Å²) in [6, 6.07) is 9.79. The first-order valence-electron chi connectivity index (χ1n) is 7.02. The Hall–Kier alpha value is -3.82. The molecule has 0 saturated carbocycles. The standard InChI is InChI=1S/C15H11N5O5/c16-13(21)11-6-10(20(23)24)7-19(15(11)22)8-12-17-14(25-18-12)9-4-2-1-3-5-9/h1-7H,8H2,(H2,16,21). The largest absolute Gasteiger partial charge is 0.365 e. The van der Waals surface area contributed by atoms with Crippen LogP contribution in [0.3, 0.4) is 0 Å². The van der Waals surface area contributed by atoms with Gasteiger partial charge in [0.05, 0.1) is 17.7 Å². The Kier molecular flexibility index (Phi) is 4.08. The van der Waals surface area contributed by atoms with Crippen LogP contribution in [0.1, 0.15) is 16.2 Å². The summed E-state index contributed by atoms with van der Waals surface area (Å²) < 4.78 is 6.06. The van der Waals surface area contributed by atoms with Gasteiger partial charge >= 0.3 is 0 Å². The first-order chi connectivity index (χ1) is 12.0. The number of nitrogens with two attached hydrogens (primary N) is 1. The first kappa shape index (κ1) is 16.1. The molecule has 0 spiro atoms. The van der Waals surface area contributed by atoms with Gasteiger partial charge in [-0.1, -0.05) is 23.4 Å². The zero-order valence-electron chi connectivity index (χ0n) is 12.7. The lowest BCUT2D eigenvalue weighted by molar-refractivity contribution is -0.385. The molecule has 3 aromatic rings. The highest BCUT2D eigenvalue weighted by Crippen LogP contribution is 2.17. The molecule has 0 fully saturated rings. The van der Waals surface area contributed by atoms with Crippen molar-refractivity contribution >= 4 is 11.6 Å². The summed E-state index contributed by atoms with van der Waals surface area (Å²) in [6.07, 6.45) is 0.993. The minimum atomic E-state index is -1.06. The lowest BCUT2D eigenvalue weighted by Crippen LogP contribution is -2.30. The lowest BCUT2D eigenvalue weighted by Gasteiger charge is -2.04. The zero-order chi connectivity index (χ0) is 18.0. The van der Waals surface area contributed by atoms with Gasteiger partial charge in [0.15, 0.2) is 5.82 Å². The number of amides is 1. The molecule has 2 heterocycles. The van der Waals surface area contributed by atoms with E-state index < -0.39 is 27.6 Å². The van der Waals surface area contributed by atoms with Gasteiger partial charge in [0, 0.05) is 11.6 Å². The van der Waals surface area contributed by atoms with Crippen molar-refractivity contribution in [3.63, 3.8) is 0 Å². The van der Waals surface area contributed by atoms with Crippen LogP contribution in [0.2, 0.25) is 0 Å². The van der Waals surface area contributed by atoms with E-state index in [1.165, 1.54) is 0 Å². The summed E-state index contributed by atoms with van der Waals surface area (Å²) in [4.78, 5) is 37.9. The van der Waals surface area contributed by atoms with Crippen LogP contribution in [-0.2, 0) is 6.54 Å². The zero-order valence-corrected chi connectivity index (χ0v) is 12.7. The normalized spacial score (nSPS) is 10.6. The summed E-state index contributed by atoms with van der Waals surface area (Å²) >= 11 is 0. The molecule has 0 atom stereocenters. The Bertz CT molecular complexity index is 1010. The maximum Gasteiger partial charge on any atom is 0.286 e. The maximum atomic E-state index is 12.2. The van der Waals surface area contributed by atoms with E-state index in [-0.39, 0.29) is 18.3 Å². The number of hydrogen-bond donors (Lipinski definition) is 1. The monoisotopic (exact) mass is 341 g/mol. The Labute approximate surface area is 139 Å². The molecule has 0 bridgehead atoms. The molecule has 0 radical (unpaired) electrons. The van der Waals surface area contributed by atoms with Crippen molar-refractivity contribution in [2.45, 2.75) is 6.54 Å². The second kappa shape index (κ2) is 6.35. The highest BCUT2D eigenvalue weighted by Gasteiger charge is 2.19. The van der Waals surface area contributed by atoms with Gasteiger partial charge in [0.2, 0.25) is 0 Å². The maximum absolute atomic E-state index is 12.2. The molecular weight excluding hydrogens is 330 g/mol. The third-order valence-electron chi connectivity index (χ3n) is 3.35. The van der Waals surface area contributed by atoms with Crippen LogP contribution in [0.5, 0.6) is 0 Å². The van der Waals surface area contributed by atoms with E-state index in [4.69, 9.17) is 10.3 Å². The molecule has 0 aliphatic heterocycles. The molecule has 10 nitrogen and oxygen atoms in total. The second-order valence-electron chi connectivity index (χ2n) is 5.05. The van der Waals surface area contributed by atoms with E-state index in [1.54, 1.807) is 24.3 Å². The minimum absolute atomic E-state index is 0.122. The van der Waals surface area contributed by atoms with Crippen molar-refractivity contribution in [2.24, 2.45) is 5.73 Å². The topological polar surface area (TPSA) is 147 Å². The predicted octanol–water partition coefficient (Wildman–Crippen LogP) is 0.954. The van der Waals surface area contributed by atoms with Crippen molar-refractivity contribution in [1.29, 1.82) is 0 Å². The molecule has 1 aromatic carbocycles. The van der Waals surface area contributed by atoms with Crippen LogP contribution >= 0.6 is 0 Å². The summed E-state index contributed by atoms with van der Waals surface area (Å²) in [6.45, 7) is -0.211. The van der Waals surface area contributed by atoms with E-state index in [0.717, 1.165) is 16.8 Å². The Morgan fingerprint density at radius 3 is 2.68 bits per heavy atom. The molecule has 2 aromatic heterocycles. The molecule has 0 unspecified atom stereocenters. The number of primary amides is 1. The van der Waals surface area contributed by atoms with E-state index in [2.05, 4.69) is 10.1 Å². The lowest BCUT2D eigenvalue weighted by atomic mass is 10.2. The van der Waals surface area contributed by atoms with Gasteiger partial charge in [-0.2, -0.15) is 4.98 Å². The molecule has 1 amide bonds. The number of nitro groups is 1. The smallest absolute Gasteiger partial charge is 0.286 e. The molecule has 25 heavy (non-hydrogen) atoms.